The fraction of sp³-hybridized carbons (Fsp3) is 0.533. The van der Waals surface area contributed by atoms with E-state index in [2.05, 4.69) is 17.6 Å². The molecule has 21 heavy (non-hydrogen) atoms. The van der Waals surface area contributed by atoms with Gasteiger partial charge in [-0.25, -0.2) is 8.78 Å². The Morgan fingerprint density at radius 2 is 2.19 bits per heavy atom. The second kappa shape index (κ2) is 8.29. The largest absolute Gasteiger partial charge is 0.353 e. The van der Waals surface area contributed by atoms with Crippen molar-refractivity contribution in [1.29, 1.82) is 0 Å². The van der Waals surface area contributed by atoms with Gasteiger partial charge in [0.15, 0.2) is 0 Å². The molecule has 1 saturated heterocycles. The molecule has 0 bridgehead atoms. The van der Waals surface area contributed by atoms with E-state index in [1.807, 2.05) is 0 Å². The molecule has 2 atom stereocenters. The first-order chi connectivity index (χ1) is 9.54. The van der Waals surface area contributed by atoms with E-state index >= 15 is 0 Å². The summed E-state index contributed by atoms with van der Waals surface area (Å²) < 4.78 is 26.4. The zero-order chi connectivity index (χ0) is 14.5. The number of aryl methyl sites for hydroxylation is 1. The summed E-state index contributed by atoms with van der Waals surface area (Å²) in [6, 6.07) is 3.90. The average Bonchev–Trinajstić information content (AvgIpc) is 2.40. The maximum atomic E-state index is 13.4. The maximum absolute atomic E-state index is 13.4. The van der Waals surface area contributed by atoms with Gasteiger partial charge in [0.1, 0.15) is 11.6 Å². The number of rotatable bonds is 4. The number of piperidine rings is 1. The van der Waals surface area contributed by atoms with Crippen LogP contribution in [0.15, 0.2) is 18.2 Å². The molecule has 1 amide bonds. The number of halogens is 3. The molecule has 0 saturated carbocycles. The molecule has 2 unspecified atom stereocenters. The highest BCUT2D eigenvalue weighted by molar-refractivity contribution is 5.85. The predicted octanol–water partition coefficient (Wildman–Crippen LogP) is 2.58. The molecule has 1 fully saturated rings. The Balaban J connectivity index is 0.00000220. The third kappa shape index (κ3) is 5.59. The molecule has 3 nitrogen and oxygen atoms in total. The van der Waals surface area contributed by atoms with Gasteiger partial charge in [0, 0.05) is 18.5 Å². The summed E-state index contributed by atoms with van der Waals surface area (Å²) in [5.41, 5.74) is 0.249. The number of carbonyl (C=O) groups excluding carboxylic acids is 1. The van der Waals surface area contributed by atoms with Crippen molar-refractivity contribution in [3.63, 3.8) is 0 Å². The Labute approximate surface area is 129 Å². The van der Waals surface area contributed by atoms with Gasteiger partial charge in [0.05, 0.1) is 0 Å². The first-order valence-electron chi connectivity index (χ1n) is 7.01. The minimum absolute atomic E-state index is 0. The highest BCUT2D eigenvalue weighted by Gasteiger charge is 2.19. The van der Waals surface area contributed by atoms with Gasteiger partial charge in [-0.15, -0.1) is 12.4 Å². The number of nitrogens with one attached hydrogen (secondary N) is 2. The van der Waals surface area contributed by atoms with Gasteiger partial charge in [-0.05, 0) is 56.5 Å². The van der Waals surface area contributed by atoms with E-state index in [1.165, 1.54) is 0 Å². The molecule has 1 aromatic carbocycles. The number of amides is 1. The van der Waals surface area contributed by atoms with Crippen molar-refractivity contribution in [2.24, 2.45) is 0 Å². The van der Waals surface area contributed by atoms with E-state index in [0.717, 1.165) is 37.6 Å². The molecule has 2 rings (SSSR count). The van der Waals surface area contributed by atoms with E-state index in [9.17, 15) is 13.6 Å². The lowest BCUT2D eigenvalue weighted by atomic mass is 10.0. The molecule has 2 N–H and O–H groups in total. The van der Waals surface area contributed by atoms with E-state index < -0.39 is 11.6 Å². The predicted molar refractivity (Wildman–Crippen MR) is 80.6 cm³/mol. The normalized spacial score (nSPS) is 21.5. The summed E-state index contributed by atoms with van der Waals surface area (Å²) in [7, 11) is 0. The van der Waals surface area contributed by atoms with Crippen molar-refractivity contribution in [3.05, 3.63) is 35.4 Å². The molecule has 1 heterocycles. The van der Waals surface area contributed by atoms with Crippen LogP contribution in [0.3, 0.4) is 0 Å². The second-order valence-corrected chi connectivity index (χ2v) is 5.38. The smallest absolute Gasteiger partial charge is 0.220 e. The molecule has 0 radical (unpaired) electrons. The van der Waals surface area contributed by atoms with Crippen molar-refractivity contribution < 1.29 is 13.6 Å². The Kier molecular flexibility index (Phi) is 7.05. The van der Waals surface area contributed by atoms with Crippen LogP contribution < -0.4 is 10.6 Å². The number of hydrogen-bond acceptors (Lipinski definition) is 2. The van der Waals surface area contributed by atoms with Gasteiger partial charge in [-0.2, -0.15) is 0 Å². The van der Waals surface area contributed by atoms with Crippen molar-refractivity contribution in [2.45, 2.75) is 44.7 Å². The molecule has 1 aliphatic heterocycles. The first kappa shape index (κ1) is 17.9. The van der Waals surface area contributed by atoms with Crippen LogP contribution in [0.1, 0.15) is 31.7 Å². The van der Waals surface area contributed by atoms with Gasteiger partial charge in [0.2, 0.25) is 5.91 Å². The van der Waals surface area contributed by atoms with Gasteiger partial charge in [-0.1, -0.05) is 0 Å². The lowest BCUT2D eigenvalue weighted by Crippen LogP contribution is -2.46. The molecule has 118 valence electrons. The number of carbonyl (C=O) groups is 1. The van der Waals surface area contributed by atoms with E-state index in [0.29, 0.717) is 6.04 Å². The molecule has 0 aliphatic carbocycles. The van der Waals surface area contributed by atoms with Crippen LogP contribution in [0.2, 0.25) is 0 Å². The van der Waals surface area contributed by atoms with E-state index in [1.54, 1.807) is 0 Å². The van der Waals surface area contributed by atoms with Gasteiger partial charge < -0.3 is 10.6 Å². The van der Waals surface area contributed by atoms with Crippen molar-refractivity contribution in [2.75, 3.05) is 6.54 Å². The van der Waals surface area contributed by atoms with Gasteiger partial charge >= 0.3 is 0 Å². The summed E-state index contributed by atoms with van der Waals surface area (Å²) in [4.78, 5) is 11.8. The molecule has 0 aromatic heterocycles. The Bertz CT molecular complexity index is 485. The zero-order valence-corrected chi connectivity index (χ0v) is 12.8. The highest BCUT2D eigenvalue weighted by atomic mass is 35.5. The molecule has 0 spiro atoms. The summed E-state index contributed by atoms with van der Waals surface area (Å²) in [6.45, 7) is 2.98. The first-order valence-corrected chi connectivity index (χ1v) is 7.01. The number of hydrogen-bond donors (Lipinski definition) is 2. The van der Waals surface area contributed by atoms with Gasteiger partial charge in [-0.3, -0.25) is 4.79 Å². The standard InChI is InChI=1S/C15H20F2N2O.ClH/c1-10-8-13(6-7-18-10)19-15(20)5-2-11-9-12(16)3-4-14(11)17;/h3-4,9-10,13,18H,2,5-8H2,1H3,(H,19,20);1H. The minimum Gasteiger partial charge on any atom is -0.353 e. The summed E-state index contributed by atoms with van der Waals surface area (Å²) >= 11 is 0. The Hall–Kier alpha value is -1.20. The van der Waals surface area contributed by atoms with Crippen molar-refractivity contribution in [3.8, 4) is 0 Å². The SMILES string of the molecule is CC1CC(NC(=O)CCc2cc(F)ccc2F)CCN1.Cl. The quantitative estimate of drug-likeness (QED) is 0.896. The topological polar surface area (TPSA) is 41.1 Å². The molecule has 6 heteroatoms. The van der Waals surface area contributed by atoms with Crippen molar-refractivity contribution >= 4 is 18.3 Å². The summed E-state index contributed by atoms with van der Waals surface area (Å²) in [6.07, 6.45) is 2.21. The summed E-state index contributed by atoms with van der Waals surface area (Å²) in [5, 5.41) is 6.27. The van der Waals surface area contributed by atoms with Crippen LogP contribution in [0.4, 0.5) is 8.78 Å². The van der Waals surface area contributed by atoms with Crippen LogP contribution in [0.5, 0.6) is 0 Å². The van der Waals surface area contributed by atoms with Crippen LogP contribution in [0, 0.1) is 11.6 Å². The minimum atomic E-state index is -0.478. The molecular weight excluding hydrogens is 298 g/mol. The molecule has 1 aliphatic rings. The lowest BCUT2D eigenvalue weighted by Gasteiger charge is -2.28. The second-order valence-electron chi connectivity index (χ2n) is 5.38. The van der Waals surface area contributed by atoms with Gasteiger partial charge in [0.25, 0.3) is 0 Å². The molecule has 1 aromatic rings. The third-order valence-electron chi connectivity index (χ3n) is 3.62. The lowest BCUT2D eigenvalue weighted by molar-refractivity contribution is -0.122. The fourth-order valence-electron chi connectivity index (χ4n) is 2.55. The monoisotopic (exact) mass is 318 g/mol. The van der Waals surface area contributed by atoms with Crippen LogP contribution >= 0.6 is 12.4 Å². The fourth-order valence-corrected chi connectivity index (χ4v) is 2.55. The van der Waals surface area contributed by atoms with Crippen LogP contribution in [-0.4, -0.2) is 24.5 Å². The maximum Gasteiger partial charge on any atom is 0.220 e. The van der Waals surface area contributed by atoms with Crippen LogP contribution in [-0.2, 0) is 11.2 Å². The van der Waals surface area contributed by atoms with E-state index in [4.69, 9.17) is 0 Å². The van der Waals surface area contributed by atoms with Crippen molar-refractivity contribution in [1.82, 2.24) is 10.6 Å². The van der Waals surface area contributed by atoms with E-state index in [-0.39, 0.29) is 42.8 Å². The third-order valence-corrected chi connectivity index (χ3v) is 3.62. The number of benzene rings is 1. The Morgan fingerprint density at radius 1 is 1.43 bits per heavy atom. The Morgan fingerprint density at radius 3 is 2.90 bits per heavy atom. The van der Waals surface area contributed by atoms with Crippen LogP contribution in [0.25, 0.3) is 0 Å². The highest BCUT2D eigenvalue weighted by Crippen LogP contribution is 2.12. The molecular formula is C15H21ClF2N2O. The zero-order valence-electron chi connectivity index (χ0n) is 12.0. The summed E-state index contributed by atoms with van der Waals surface area (Å²) in [5.74, 6) is -1.04. The average molecular weight is 319 g/mol.